The quantitative estimate of drug-likeness (QED) is 0.576. The number of sulfonamides is 1. The molecule has 118 valence electrons. The van der Waals surface area contributed by atoms with Crippen LogP contribution in [0.3, 0.4) is 0 Å². The normalized spacial score (nSPS) is 11.4. The smallest absolute Gasteiger partial charge is 0.214 e. The first kappa shape index (κ1) is 18.1. The molecule has 7 heteroatoms. The van der Waals surface area contributed by atoms with Gasteiger partial charge in [0.05, 0.1) is 12.4 Å². The van der Waals surface area contributed by atoms with Crippen molar-refractivity contribution in [1.82, 2.24) is 4.31 Å². The molecule has 1 aromatic rings. The summed E-state index contributed by atoms with van der Waals surface area (Å²) in [6.07, 6.45) is 0.935. The second-order valence-electron chi connectivity index (χ2n) is 4.50. The van der Waals surface area contributed by atoms with Crippen LogP contribution in [0.25, 0.3) is 0 Å². The topological polar surface area (TPSA) is 66.8 Å². The number of hydrogen-bond acceptors (Lipinski definition) is 5. The lowest BCUT2D eigenvalue weighted by Crippen LogP contribution is -2.28. The zero-order valence-electron chi connectivity index (χ0n) is 12.3. The Labute approximate surface area is 130 Å². The second kappa shape index (κ2) is 9.18. The molecule has 1 rings (SSSR count). The molecule has 0 aromatic carbocycles. The van der Waals surface area contributed by atoms with Crippen molar-refractivity contribution in [1.29, 1.82) is 0 Å². The Morgan fingerprint density at radius 3 is 2.90 bits per heavy atom. The maximum atomic E-state index is 12.0. The first-order chi connectivity index (χ1) is 9.99. The van der Waals surface area contributed by atoms with E-state index in [4.69, 9.17) is 9.84 Å². The summed E-state index contributed by atoms with van der Waals surface area (Å²) < 4.78 is 30.3. The number of thiophene rings is 1. The Kier molecular flexibility index (Phi) is 7.93. The first-order valence-electron chi connectivity index (χ1n) is 6.59. The minimum Gasteiger partial charge on any atom is -0.395 e. The van der Waals surface area contributed by atoms with Gasteiger partial charge in [0.15, 0.2) is 0 Å². The second-order valence-corrected chi connectivity index (χ2v) is 7.69. The Morgan fingerprint density at radius 1 is 1.48 bits per heavy atom. The molecule has 0 atom stereocenters. The summed E-state index contributed by atoms with van der Waals surface area (Å²) in [4.78, 5) is 0.945. The molecule has 1 N–H and O–H groups in total. The van der Waals surface area contributed by atoms with Gasteiger partial charge in [-0.2, -0.15) is 4.31 Å². The van der Waals surface area contributed by atoms with E-state index in [1.807, 2.05) is 11.4 Å². The van der Waals surface area contributed by atoms with E-state index in [0.717, 1.165) is 10.4 Å². The maximum absolute atomic E-state index is 12.0. The molecule has 0 aliphatic heterocycles. The largest absolute Gasteiger partial charge is 0.395 e. The molecule has 0 fully saturated rings. The number of hydrogen-bond donors (Lipinski definition) is 1. The Balaban J connectivity index is 2.58. The van der Waals surface area contributed by atoms with E-state index >= 15 is 0 Å². The number of aliphatic hydroxyl groups excluding tert-OH is 1. The van der Waals surface area contributed by atoms with Crippen LogP contribution in [-0.2, 0) is 21.3 Å². The predicted octanol–water partition coefficient (Wildman–Crippen LogP) is 1.28. The lowest BCUT2D eigenvalue weighted by molar-refractivity contribution is 0.199. The average molecular weight is 331 g/mol. The van der Waals surface area contributed by atoms with Gasteiger partial charge in [-0.25, -0.2) is 8.42 Å². The third-order valence-electron chi connectivity index (χ3n) is 2.73. The summed E-state index contributed by atoms with van der Waals surface area (Å²) >= 11 is 1.48. The van der Waals surface area contributed by atoms with Gasteiger partial charge in [0.2, 0.25) is 10.0 Å². The fourth-order valence-corrected chi connectivity index (χ4v) is 3.69. The van der Waals surface area contributed by atoms with E-state index in [9.17, 15) is 8.42 Å². The lowest BCUT2D eigenvalue weighted by Gasteiger charge is -2.15. The minimum atomic E-state index is -3.25. The van der Waals surface area contributed by atoms with Gasteiger partial charge in [-0.05, 0) is 12.5 Å². The fraction of sp³-hybridized carbons (Fsp3) is 0.571. The van der Waals surface area contributed by atoms with E-state index in [2.05, 4.69) is 11.8 Å². The van der Waals surface area contributed by atoms with E-state index in [-0.39, 0.29) is 12.4 Å². The molecule has 21 heavy (non-hydrogen) atoms. The zero-order chi connectivity index (χ0) is 15.7. The minimum absolute atomic E-state index is 0.0481. The van der Waals surface area contributed by atoms with Crippen molar-refractivity contribution in [2.75, 3.05) is 33.1 Å². The van der Waals surface area contributed by atoms with Crippen molar-refractivity contribution in [2.24, 2.45) is 0 Å². The average Bonchev–Trinajstić information content (AvgIpc) is 2.87. The van der Waals surface area contributed by atoms with Gasteiger partial charge in [0.25, 0.3) is 0 Å². The fourth-order valence-electron chi connectivity index (χ4n) is 1.61. The van der Waals surface area contributed by atoms with Crippen LogP contribution in [-0.4, -0.2) is 51.0 Å². The van der Waals surface area contributed by atoms with E-state index in [1.165, 1.54) is 15.6 Å². The molecule has 0 saturated carbocycles. The summed E-state index contributed by atoms with van der Waals surface area (Å²) in [7, 11) is -0.112. The first-order valence-corrected chi connectivity index (χ1v) is 9.08. The van der Waals surface area contributed by atoms with Crippen LogP contribution in [0.4, 0.5) is 0 Å². The van der Waals surface area contributed by atoms with Crippen LogP contribution in [0.15, 0.2) is 11.4 Å². The van der Waals surface area contributed by atoms with Gasteiger partial charge in [-0.3, -0.25) is 0 Å². The standard InChI is InChI=1S/C14H21NO4S2/c1-15(21(17,18)9-5-8-19-2)11-14-10-13(12-20-14)6-3-4-7-16/h10,12,16H,4-5,7-9,11H2,1-2H3. The highest BCUT2D eigenvalue weighted by Gasteiger charge is 2.18. The van der Waals surface area contributed by atoms with Gasteiger partial charge in [0, 0.05) is 49.6 Å². The zero-order valence-corrected chi connectivity index (χ0v) is 14.0. The summed E-state index contributed by atoms with van der Waals surface area (Å²) in [5, 5.41) is 10.6. The van der Waals surface area contributed by atoms with E-state index < -0.39 is 10.0 Å². The van der Waals surface area contributed by atoms with E-state index in [0.29, 0.717) is 26.0 Å². The number of methoxy groups -OCH3 is 1. The van der Waals surface area contributed by atoms with Crippen LogP contribution in [0.2, 0.25) is 0 Å². The van der Waals surface area contributed by atoms with Gasteiger partial charge in [-0.15, -0.1) is 11.3 Å². The molecule has 1 aromatic heterocycles. The van der Waals surface area contributed by atoms with Crippen LogP contribution < -0.4 is 0 Å². The third-order valence-corrected chi connectivity index (χ3v) is 5.53. The molecule has 5 nitrogen and oxygen atoms in total. The number of aliphatic hydroxyl groups is 1. The number of ether oxygens (including phenoxy) is 1. The van der Waals surface area contributed by atoms with Crippen LogP contribution in [0.5, 0.6) is 0 Å². The van der Waals surface area contributed by atoms with Crippen molar-refractivity contribution in [2.45, 2.75) is 19.4 Å². The molecule has 0 unspecified atom stereocenters. The molecule has 0 aliphatic rings. The van der Waals surface area contributed by atoms with Crippen LogP contribution in [0, 0.1) is 11.8 Å². The molecule has 0 radical (unpaired) electrons. The van der Waals surface area contributed by atoms with Crippen molar-refractivity contribution >= 4 is 21.4 Å². The molecular weight excluding hydrogens is 310 g/mol. The molecule has 0 spiro atoms. The van der Waals surface area contributed by atoms with Gasteiger partial charge in [0.1, 0.15) is 0 Å². The third kappa shape index (κ3) is 6.59. The number of rotatable bonds is 8. The molecule has 0 aliphatic carbocycles. The predicted molar refractivity (Wildman–Crippen MR) is 84.6 cm³/mol. The Bertz CT molecular complexity index is 584. The highest BCUT2D eigenvalue weighted by atomic mass is 32.2. The molecular formula is C14H21NO4S2. The van der Waals surface area contributed by atoms with Crippen molar-refractivity contribution < 1.29 is 18.3 Å². The highest BCUT2D eigenvalue weighted by Crippen LogP contribution is 2.17. The monoisotopic (exact) mass is 331 g/mol. The van der Waals surface area contributed by atoms with Crippen LogP contribution in [0.1, 0.15) is 23.3 Å². The molecule has 0 bridgehead atoms. The van der Waals surface area contributed by atoms with Gasteiger partial charge in [-0.1, -0.05) is 11.8 Å². The van der Waals surface area contributed by atoms with Crippen molar-refractivity contribution in [3.63, 3.8) is 0 Å². The summed E-state index contributed by atoms with van der Waals surface area (Å²) in [5.41, 5.74) is 0.855. The highest BCUT2D eigenvalue weighted by molar-refractivity contribution is 7.89. The number of nitrogens with zero attached hydrogens (tertiary/aromatic N) is 1. The van der Waals surface area contributed by atoms with Gasteiger partial charge >= 0.3 is 0 Å². The Hall–Kier alpha value is -0.910. The summed E-state index contributed by atoms with van der Waals surface area (Å²) in [6.45, 7) is 0.838. The van der Waals surface area contributed by atoms with Crippen LogP contribution >= 0.6 is 11.3 Å². The molecule has 1 heterocycles. The van der Waals surface area contributed by atoms with Crippen molar-refractivity contribution in [3.05, 3.63) is 21.9 Å². The summed E-state index contributed by atoms with van der Waals surface area (Å²) in [5.74, 6) is 5.87. The van der Waals surface area contributed by atoms with E-state index in [1.54, 1.807) is 14.2 Å². The summed E-state index contributed by atoms with van der Waals surface area (Å²) in [6, 6.07) is 1.89. The molecule has 0 amide bonds. The van der Waals surface area contributed by atoms with Crippen molar-refractivity contribution in [3.8, 4) is 11.8 Å². The Morgan fingerprint density at radius 2 is 2.24 bits per heavy atom. The maximum Gasteiger partial charge on any atom is 0.214 e. The molecule has 0 saturated heterocycles. The van der Waals surface area contributed by atoms with Gasteiger partial charge < -0.3 is 9.84 Å². The lowest BCUT2D eigenvalue weighted by atomic mass is 10.3. The SMILES string of the molecule is COCCCS(=O)(=O)N(C)Cc1cc(C#CCCO)cs1.